The molecule has 114 valence electrons. The number of esters is 1. The Kier molecular flexibility index (Phi) is 5.11. The molecule has 2 aromatic rings. The van der Waals surface area contributed by atoms with Crippen molar-refractivity contribution in [2.45, 2.75) is 6.54 Å². The topological polar surface area (TPSA) is 81.5 Å². The lowest BCUT2D eigenvalue weighted by Crippen LogP contribution is -2.06. The van der Waals surface area contributed by atoms with Crippen LogP contribution in [0.2, 0.25) is 0 Å². The minimum Gasteiger partial charge on any atom is -0.465 e. The number of benzene rings is 2. The number of nitrogens with zero attached hydrogens (tertiary/aromatic N) is 1. The standard InChI is InChI=1S/C15H13BrN2O4/c1-22-15(19)10-6-7-13(14(8-10)18(20)21)17-9-11-4-2-3-5-12(11)16/h2-8,17H,9H2,1H3. The van der Waals surface area contributed by atoms with Crippen LogP contribution in [0, 0.1) is 10.1 Å². The van der Waals surface area contributed by atoms with E-state index in [0.29, 0.717) is 12.2 Å². The molecule has 0 spiro atoms. The first-order chi connectivity index (χ1) is 10.5. The fourth-order valence-corrected chi connectivity index (χ4v) is 2.33. The van der Waals surface area contributed by atoms with Gasteiger partial charge in [0.2, 0.25) is 0 Å². The summed E-state index contributed by atoms with van der Waals surface area (Å²) in [5.74, 6) is -0.611. The number of anilines is 1. The summed E-state index contributed by atoms with van der Waals surface area (Å²) in [6, 6.07) is 11.8. The summed E-state index contributed by atoms with van der Waals surface area (Å²) in [5, 5.41) is 14.2. The van der Waals surface area contributed by atoms with E-state index in [1.165, 1.54) is 25.3 Å². The van der Waals surface area contributed by atoms with Crippen molar-refractivity contribution in [3.8, 4) is 0 Å². The number of halogens is 1. The van der Waals surface area contributed by atoms with E-state index in [1.54, 1.807) is 0 Å². The molecule has 0 bridgehead atoms. The molecule has 0 amide bonds. The molecule has 2 aromatic carbocycles. The van der Waals surface area contributed by atoms with E-state index in [-0.39, 0.29) is 11.3 Å². The van der Waals surface area contributed by atoms with E-state index in [9.17, 15) is 14.9 Å². The zero-order chi connectivity index (χ0) is 16.1. The second kappa shape index (κ2) is 7.04. The first kappa shape index (κ1) is 16.0. The minimum atomic E-state index is -0.611. The molecule has 0 aromatic heterocycles. The average Bonchev–Trinajstić information content (AvgIpc) is 2.53. The van der Waals surface area contributed by atoms with Crippen LogP contribution in [0.15, 0.2) is 46.9 Å². The van der Waals surface area contributed by atoms with Crippen molar-refractivity contribution in [2.24, 2.45) is 0 Å². The van der Waals surface area contributed by atoms with Crippen molar-refractivity contribution in [3.63, 3.8) is 0 Å². The number of nitro groups is 1. The molecule has 0 saturated carbocycles. The van der Waals surface area contributed by atoms with E-state index in [0.717, 1.165) is 10.0 Å². The molecule has 0 unspecified atom stereocenters. The zero-order valence-electron chi connectivity index (χ0n) is 11.7. The average molecular weight is 365 g/mol. The predicted molar refractivity (Wildman–Crippen MR) is 85.9 cm³/mol. The first-order valence-electron chi connectivity index (χ1n) is 6.37. The van der Waals surface area contributed by atoms with Crippen LogP contribution in [0.1, 0.15) is 15.9 Å². The number of methoxy groups -OCH3 is 1. The summed E-state index contributed by atoms with van der Waals surface area (Å²) >= 11 is 3.42. The fraction of sp³-hybridized carbons (Fsp3) is 0.133. The number of rotatable bonds is 5. The van der Waals surface area contributed by atoms with Gasteiger partial charge in [0.25, 0.3) is 5.69 Å². The maximum atomic E-state index is 11.5. The lowest BCUT2D eigenvalue weighted by atomic mass is 10.1. The van der Waals surface area contributed by atoms with Gasteiger partial charge in [-0.15, -0.1) is 0 Å². The van der Waals surface area contributed by atoms with Crippen molar-refractivity contribution in [2.75, 3.05) is 12.4 Å². The normalized spacial score (nSPS) is 10.1. The summed E-state index contributed by atoms with van der Waals surface area (Å²) in [4.78, 5) is 22.1. The Balaban J connectivity index is 2.25. The molecule has 2 rings (SSSR count). The maximum absolute atomic E-state index is 11.5. The fourth-order valence-electron chi connectivity index (χ4n) is 1.91. The van der Waals surface area contributed by atoms with Gasteiger partial charge >= 0.3 is 5.97 Å². The van der Waals surface area contributed by atoms with Gasteiger partial charge in [-0.05, 0) is 23.8 Å². The highest BCUT2D eigenvalue weighted by Crippen LogP contribution is 2.27. The number of nitrogens with one attached hydrogen (secondary N) is 1. The highest BCUT2D eigenvalue weighted by Gasteiger charge is 2.17. The number of ether oxygens (including phenoxy) is 1. The smallest absolute Gasteiger partial charge is 0.338 e. The molecule has 0 fully saturated rings. The summed E-state index contributed by atoms with van der Waals surface area (Å²) in [6.45, 7) is 0.417. The monoisotopic (exact) mass is 364 g/mol. The zero-order valence-corrected chi connectivity index (χ0v) is 13.3. The van der Waals surface area contributed by atoms with Crippen molar-refractivity contribution in [1.29, 1.82) is 0 Å². The second-order valence-electron chi connectivity index (χ2n) is 4.43. The molecule has 7 heteroatoms. The molecule has 22 heavy (non-hydrogen) atoms. The quantitative estimate of drug-likeness (QED) is 0.496. The van der Waals surface area contributed by atoms with Crippen molar-refractivity contribution in [3.05, 3.63) is 68.2 Å². The van der Waals surface area contributed by atoms with Gasteiger partial charge in [0, 0.05) is 17.1 Å². The van der Waals surface area contributed by atoms with Crippen molar-refractivity contribution >= 4 is 33.3 Å². The number of hydrogen-bond acceptors (Lipinski definition) is 5. The van der Waals surface area contributed by atoms with Crippen LogP contribution < -0.4 is 5.32 Å². The molecule has 0 radical (unpaired) electrons. The van der Waals surface area contributed by atoms with Gasteiger partial charge in [0.05, 0.1) is 17.6 Å². The Morgan fingerprint density at radius 1 is 1.32 bits per heavy atom. The molecule has 6 nitrogen and oxygen atoms in total. The largest absolute Gasteiger partial charge is 0.465 e. The third kappa shape index (κ3) is 3.62. The molecule has 1 N–H and O–H groups in total. The van der Waals surface area contributed by atoms with Gasteiger partial charge in [0.15, 0.2) is 0 Å². The molecular formula is C15H13BrN2O4. The summed E-state index contributed by atoms with van der Waals surface area (Å²) in [5.41, 5.74) is 1.28. The Morgan fingerprint density at radius 3 is 2.68 bits per heavy atom. The molecule has 0 aliphatic heterocycles. The van der Waals surface area contributed by atoms with Crippen molar-refractivity contribution < 1.29 is 14.5 Å². The summed E-state index contributed by atoms with van der Waals surface area (Å²) in [6.07, 6.45) is 0. The minimum absolute atomic E-state index is 0.139. The molecular weight excluding hydrogens is 352 g/mol. The van der Waals surface area contributed by atoms with Crippen LogP contribution in [0.3, 0.4) is 0 Å². The van der Waals surface area contributed by atoms with Gasteiger partial charge in [0.1, 0.15) is 5.69 Å². The Morgan fingerprint density at radius 2 is 2.05 bits per heavy atom. The summed E-state index contributed by atoms with van der Waals surface area (Å²) < 4.78 is 5.48. The predicted octanol–water partition coefficient (Wildman–Crippen LogP) is 3.76. The molecule has 0 atom stereocenters. The van der Waals surface area contributed by atoms with Gasteiger partial charge in [-0.3, -0.25) is 10.1 Å². The van der Waals surface area contributed by atoms with Crippen LogP contribution >= 0.6 is 15.9 Å². The molecule has 0 heterocycles. The van der Waals surface area contributed by atoms with Crippen LogP contribution in [0.4, 0.5) is 11.4 Å². The third-order valence-corrected chi connectivity index (χ3v) is 3.82. The maximum Gasteiger partial charge on any atom is 0.338 e. The third-order valence-electron chi connectivity index (χ3n) is 3.04. The lowest BCUT2D eigenvalue weighted by Gasteiger charge is -2.09. The number of carbonyl (C=O) groups is 1. The van der Waals surface area contributed by atoms with Crippen LogP contribution in [-0.2, 0) is 11.3 Å². The van der Waals surface area contributed by atoms with Gasteiger partial charge < -0.3 is 10.1 Å². The van der Waals surface area contributed by atoms with E-state index < -0.39 is 10.9 Å². The van der Waals surface area contributed by atoms with E-state index in [1.807, 2.05) is 24.3 Å². The van der Waals surface area contributed by atoms with Crippen LogP contribution in [-0.4, -0.2) is 18.0 Å². The highest BCUT2D eigenvalue weighted by molar-refractivity contribution is 9.10. The van der Waals surface area contributed by atoms with Crippen molar-refractivity contribution in [1.82, 2.24) is 0 Å². The SMILES string of the molecule is COC(=O)c1ccc(NCc2ccccc2Br)c([N+](=O)[O-])c1. The highest BCUT2D eigenvalue weighted by atomic mass is 79.9. The molecule has 0 saturated heterocycles. The van der Waals surface area contributed by atoms with Crippen LogP contribution in [0.5, 0.6) is 0 Å². The number of carbonyl (C=O) groups excluding carboxylic acids is 1. The van der Waals surface area contributed by atoms with E-state index >= 15 is 0 Å². The first-order valence-corrected chi connectivity index (χ1v) is 7.16. The molecule has 0 aliphatic rings. The Bertz CT molecular complexity index is 718. The van der Waals surface area contributed by atoms with Gasteiger partial charge in [-0.25, -0.2) is 4.79 Å². The summed E-state index contributed by atoms with van der Waals surface area (Å²) in [7, 11) is 1.23. The lowest BCUT2D eigenvalue weighted by molar-refractivity contribution is -0.384. The van der Waals surface area contributed by atoms with E-state index in [4.69, 9.17) is 0 Å². The van der Waals surface area contributed by atoms with Gasteiger partial charge in [-0.1, -0.05) is 34.1 Å². The Labute approximate surface area is 135 Å². The molecule has 0 aliphatic carbocycles. The second-order valence-corrected chi connectivity index (χ2v) is 5.28. The number of nitro benzene ring substituents is 1. The Hall–Kier alpha value is -2.41. The van der Waals surface area contributed by atoms with E-state index in [2.05, 4.69) is 26.0 Å². The van der Waals surface area contributed by atoms with Crippen LogP contribution in [0.25, 0.3) is 0 Å². The number of hydrogen-bond donors (Lipinski definition) is 1. The van der Waals surface area contributed by atoms with Gasteiger partial charge in [-0.2, -0.15) is 0 Å².